The van der Waals surface area contributed by atoms with E-state index in [9.17, 15) is 4.79 Å². The molecule has 0 bridgehead atoms. The quantitative estimate of drug-likeness (QED) is 0.838. The van der Waals surface area contributed by atoms with E-state index in [1.165, 1.54) is 34.0 Å². The average Bonchev–Trinajstić information content (AvgIpc) is 3.03. The van der Waals surface area contributed by atoms with Crippen molar-refractivity contribution in [3.63, 3.8) is 0 Å². The lowest BCUT2D eigenvalue weighted by atomic mass is 10.1. The van der Waals surface area contributed by atoms with E-state index in [0.717, 1.165) is 19.4 Å². The molecule has 0 aromatic heterocycles. The summed E-state index contributed by atoms with van der Waals surface area (Å²) < 4.78 is 0. The minimum absolute atomic E-state index is 0.0769. The van der Waals surface area contributed by atoms with E-state index in [0.29, 0.717) is 0 Å². The Morgan fingerprint density at radius 1 is 1.09 bits per heavy atom. The zero-order valence-electron chi connectivity index (χ0n) is 13.3. The molecule has 1 heterocycles. The Balaban J connectivity index is 1.58. The topological polar surface area (TPSA) is 29.1 Å². The van der Waals surface area contributed by atoms with E-state index in [-0.39, 0.29) is 10.5 Å². The molecule has 0 aliphatic carbocycles. The van der Waals surface area contributed by atoms with Crippen LogP contribution in [0, 0.1) is 0 Å². The predicted molar refractivity (Wildman–Crippen MR) is 98.7 cm³/mol. The van der Waals surface area contributed by atoms with E-state index in [2.05, 4.69) is 72.9 Å². The summed E-state index contributed by atoms with van der Waals surface area (Å²) in [6, 6.07) is 17.3. The molecule has 3 heteroatoms. The number of aryl methyl sites for hydroxylation is 1. The van der Waals surface area contributed by atoms with Crippen LogP contribution < -0.4 is 5.32 Å². The first-order valence-corrected chi connectivity index (χ1v) is 8.91. The van der Waals surface area contributed by atoms with Crippen LogP contribution in [0.4, 0.5) is 4.79 Å². The molecule has 118 valence electrons. The number of benzene rings is 2. The fourth-order valence-electron chi connectivity index (χ4n) is 2.64. The van der Waals surface area contributed by atoms with Crippen molar-refractivity contribution in [3.05, 3.63) is 76.9 Å². The predicted octanol–water partition coefficient (Wildman–Crippen LogP) is 5.00. The van der Waals surface area contributed by atoms with Gasteiger partial charge in [0, 0.05) is 6.54 Å². The number of carbonyl (C=O) groups excluding carboxylic acids is 1. The molecule has 2 nitrogen and oxygen atoms in total. The summed E-state index contributed by atoms with van der Waals surface area (Å²) in [5.74, 6) is 0. The Bertz CT molecular complexity index is 689. The number of allylic oxidation sites excluding steroid dienone is 1. The highest BCUT2D eigenvalue weighted by Gasteiger charge is 2.23. The third-order valence-electron chi connectivity index (χ3n) is 4.08. The number of nitrogens with one attached hydrogen (secondary N) is 1. The second kappa shape index (κ2) is 7.51. The number of thioether (sulfide) groups is 1. The fraction of sp³-hybridized carbons (Fsp3) is 0.250. The maximum Gasteiger partial charge on any atom is 0.279 e. The summed E-state index contributed by atoms with van der Waals surface area (Å²) >= 11 is 1.37. The van der Waals surface area contributed by atoms with Gasteiger partial charge in [-0.1, -0.05) is 79.4 Å². The van der Waals surface area contributed by atoms with Gasteiger partial charge in [-0.3, -0.25) is 4.79 Å². The summed E-state index contributed by atoms with van der Waals surface area (Å²) in [6.07, 6.45) is 6.39. The Labute approximate surface area is 142 Å². The Morgan fingerprint density at radius 2 is 1.78 bits per heavy atom. The minimum Gasteiger partial charge on any atom is -0.345 e. The van der Waals surface area contributed by atoms with Crippen LogP contribution >= 0.6 is 11.8 Å². The first-order chi connectivity index (χ1) is 11.2. The van der Waals surface area contributed by atoms with Crippen LogP contribution in [0.15, 0.2) is 54.6 Å². The maximum atomic E-state index is 11.3. The van der Waals surface area contributed by atoms with E-state index in [1.807, 2.05) is 0 Å². The first kappa shape index (κ1) is 15.9. The highest BCUT2D eigenvalue weighted by molar-refractivity contribution is 8.14. The van der Waals surface area contributed by atoms with Crippen LogP contribution in [0.2, 0.25) is 0 Å². The lowest BCUT2D eigenvalue weighted by Gasteiger charge is -2.06. The van der Waals surface area contributed by atoms with Crippen molar-refractivity contribution in [2.75, 3.05) is 6.54 Å². The molecule has 0 radical (unpaired) electrons. The average molecular weight is 323 g/mol. The summed E-state index contributed by atoms with van der Waals surface area (Å²) in [4.78, 5) is 11.3. The molecule has 3 rings (SSSR count). The van der Waals surface area contributed by atoms with Crippen LogP contribution in [0.5, 0.6) is 0 Å². The molecular weight excluding hydrogens is 302 g/mol. The lowest BCUT2D eigenvalue weighted by molar-refractivity contribution is 0.262. The zero-order valence-corrected chi connectivity index (χ0v) is 14.1. The summed E-state index contributed by atoms with van der Waals surface area (Å²) in [5.41, 5.74) is 5.12. The zero-order chi connectivity index (χ0) is 16.1. The van der Waals surface area contributed by atoms with Gasteiger partial charge in [-0.05, 0) is 35.1 Å². The summed E-state index contributed by atoms with van der Waals surface area (Å²) in [5, 5.41) is 3.18. The molecule has 1 unspecified atom stereocenters. The van der Waals surface area contributed by atoms with Crippen LogP contribution in [0.25, 0.3) is 6.08 Å². The molecular formula is C20H21NOS. The largest absolute Gasteiger partial charge is 0.345 e. The highest BCUT2D eigenvalue weighted by Crippen LogP contribution is 2.33. The first-order valence-electron chi connectivity index (χ1n) is 8.03. The van der Waals surface area contributed by atoms with Crippen molar-refractivity contribution in [2.24, 2.45) is 0 Å². The second-order valence-electron chi connectivity index (χ2n) is 5.72. The fourth-order valence-corrected chi connectivity index (χ4v) is 3.52. The molecule has 1 saturated heterocycles. The summed E-state index contributed by atoms with van der Waals surface area (Å²) in [6.45, 7) is 2.90. The van der Waals surface area contributed by atoms with Gasteiger partial charge in [0.1, 0.15) is 0 Å². The number of amides is 1. The smallest absolute Gasteiger partial charge is 0.279 e. The van der Waals surface area contributed by atoms with Crippen molar-refractivity contribution in [3.8, 4) is 0 Å². The lowest BCUT2D eigenvalue weighted by Crippen LogP contribution is -2.11. The molecule has 1 aliphatic heterocycles. The Kier molecular flexibility index (Phi) is 5.19. The van der Waals surface area contributed by atoms with Crippen LogP contribution in [0.1, 0.15) is 34.4 Å². The second-order valence-corrected chi connectivity index (χ2v) is 6.89. The molecule has 1 atom stereocenters. The third kappa shape index (κ3) is 4.26. The monoisotopic (exact) mass is 323 g/mol. The number of rotatable bonds is 5. The van der Waals surface area contributed by atoms with Gasteiger partial charge in [-0.15, -0.1) is 0 Å². The minimum atomic E-state index is 0.0769. The molecule has 0 saturated carbocycles. The van der Waals surface area contributed by atoms with E-state index in [4.69, 9.17) is 0 Å². The van der Waals surface area contributed by atoms with Gasteiger partial charge in [-0.2, -0.15) is 0 Å². The SMILES string of the molecule is CCc1ccc(C/C=C/c2ccc(C3CNC(=O)S3)cc2)cc1. The number of hydrogen-bond donors (Lipinski definition) is 1. The number of hydrogen-bond acceptors (Lipinski definition) is 2. The van der Waals surface area contributed by atoms with Crippen molar-refractivity contribution in [1.82, 2.24) is 5.32 Å². The van der Waals surface area contributed by atoms with Crippen molar-refractivity contribution >= 4 is 23.1 Å². The van der Waals surface area contributed by atoms with Gasteiger partial charge in [-0.25, -0.2) is 0 Å². The van der Waals surface area contributed by atoms with Gasteiger partial charge in [0.2, 0.25) is 0 Å². The molecule has 2 aromatic carbocycles. The maximum absolute atomic E-state index is 11.3. The van der Waals surface area contributed by atoms with Crippen molar-refractivity contribution in [1.29, 1.82) is 0 Å². The molecule has 1 aliphatic rings. The van der Waals surface area contributed by atoms with Crippen LogP contribution in [-0.2, 0) is 12.8 Å². The van der Waals surface area contributed by atoms with E-state index in [1.54, 1.807) is 0 Å². The van der Waals surface area contributed by atoms with Crippen molar-refractivity contribution < 1.29 is 4.79 Å². The molecule has 1 N–H and O–H groups in total. The van der Waals surface area contributed by atoms with Gasteiger partial charge in [0.25, 0.3) is 5.24 Å². The standard InChI is InChI=1S/C20H21NOS/c1-2-15-6-8-16(9-7-15)4-3-5-17-10-12-18(13-11-17)19-14-21-20(22)23-19/h3,5-13,19H,2,4,14H2,1H3,(H,21,22)/b5-3+. The van der Waals surface area contributed by atoms with Gasteiger partial charge in [0.05, 0.1) is 5.25 Å². The van der Waals surface area contributed by atoms with E-state index >= 15 is 0 Å². The normalized spacial score (nSPS) is 17.6. The third-order valence-corrected chi connectivity index (χ3v) is 5.17. The molecule has 0 spiro atoms. The van der Waals surface area contributed by atoms with Gasteiger partial charge in [0.15, 0.2) is 0 Å². The molecule has 1 fully saturated rings. The molecule has 2 aromatic rings. The number of carbonyl (C=O) groups is 1. The summed E-state index contributed by atoms with van der Waals surface area (Å²) in [7, 11) is 0. The van der Waals surface area contributed by atoms with Gasteiger partial charge >= 0.3 is 0 Å². The Morgan fingerprint density at radius 3 is 2.39 bits per heavy atom. The molecule has 1 amide bonds. The van der Waals surface area contributed by atoms with Crippen LogP contribution in [-0.4, -0.2) is 11.8 Å². The highest BCUT2D eigenvalue weighted by atomic mass is 32.2. The van der Waals surface area contributed by atoms with Crippen molar-refractivity contribution in [2.45, 2.75) is 25.0 Å². The van der Waals surface area contributed by atoms with Crippen LogP contribution in [0.3, 0.4) is 0 Å². The van der Waals surface area contributed by atoms with Gasteiger partial charge < -0.3 is 5.32 Å². The Hall–Kier alpha value is -2.00. The molecule has 23 heavy (non-hydrogen) atoms. The van der Waals surface area contributed by atoms with E-state index < -0.39 is 0 Å².